The van der Waals surface area contributed by atoms with E-state index in [2.05, 4.69) is 4.74 Å². The van der Waals surface area contributed by atoms with Gasteiger partial charge in [-0.15, -0.1) is 0 Å². The Labute approximate surface area is 192 Å². The Morgan fingerprint density at radius 1 is 0.667 bits per heavy atom. The zero-order chi connectivity index (χ0) is 29.3. The van der Waals surface area contributed by atoms with E-state index in [1.165, 1.54) is 0 Å². The molecule has 0 aromatic rings. The maximum atomic E-state index is 13.8. The molecule has 1 atom stereocenters. The smallest absolute Gasteiger partial charge is 0.460 e. The maximum absolute atomic E-state index is 13.8. The Kier molecular flexibility index (Phi) is 9.73. The molecule has 0 aliphatic rings. The second-order valence-electron chi connectivity index (χ2n) is 7.84. The number of nitrogens with one attached hydrogen (secondary N) is 1. The van der Waals surface area contributed by atoms with E-state index in [1.54, 1.807) is 13.8 Å². The Bertz CT molecular complexity index is 793. The second-order valence-corrected chi connectivity index (χ2v) is 7.84. The minimum absolute atomic E-state index is 0.102. The molecular formula is C17H18F15NO3. The van der Waals surface area contributed by atoms with Crippen molar-refractivity contribution < 1.29 is 80.2 Å². The highest BCUT2D eigenvalue weighted by Crippen LogP contribution is 2.62. The molecule has 0 saturated carbocycles. The van der Waals surface area contributed by atoms with Gasteiger partial charge in [0.1, 0.15) is 6.04 Å². The molecule has 0 rings (SSSR count). The molecule has 0 bridgehead atoms. The fourth-order valence-electron chi connectivity index (χ4n) is 2.24. The van der Waals surface area contributed by atoms with Crippen LogP contribution in [0.3, 0.4) is 0 Å². The summed E-state index contributed by atoms with van der Waals surface area (Å²) in [6.45, 7) is 3.54. The molecule has 214 valence electrons. The minimum atomic E-state index is -8.51. The van der Waals surface area contributed by atoms with Crippen LogP contribution in [0.2, 0.25) is 0 Å². The number of alkyl halides is 15. The number of esters is 1. The number of hydrogen-bond donors (Lipinski definition) is 1. The van der Waals surface area contributed by atoms with Gasteiger partial charge in [0.05, 0.1) is 6.61 Å². The summed E-state index contributed by atoms with van der Waals surface area (Å²) in [5.74, 6) is -53.8. The normalized spacial score (nSPS) is 15.6. The molecular weight excluding hydrogens is 551 g/mol. The molecule has 36 heavy (non-hydrogen) atoms. The number of amides is 1. The molecule has 0 fully saturated rings. The fourth-order valence-corrected chi connectivity index (χ4v) is 2.24. The van der Waals surface area contributed by atoms with Crippen LogP contribution in [-0.4, -0.2) is 66.2 Å². The number of rotatable bonds is 12. The Hall–Kier alpha value is -2.11. The molecule has 0 aromatic carbocycles. The summed E-state index contributed by atoms with van der Waals surface area (Å²) in [7, 11) is 0. The summed E-state index contributed by atoms with van der Waals surface area (Å²) in [6.07, 6.45) is -7.09. The zero-order valence-electron chi connectivity index (χ0n) is 18.2. The van der Waals surface area contributed by atoms with E-state index >= 15 is 0 Å². The Balaban J connectivity index is 5.98. The second kappa shape index (κ2) is 10.3. The van der Waals surface area contributed by atoms with Crippen LogP contribution in [0.5, 0.6) is 0 Å². The lowest BCUT2D eigenvalue weighted by atomic mass is 9.90. The lowest BCUT2D eigenvalue weighted by Gasteiger charge is -2.41. The van der Waals surface area contributed by atoms with Crippen molar-refractivity contribution in [3.05, 3.63) is 0 Å². The van der Waals surface area contributed by atoms with Crippen LogP contribution < -0.4 is 5.32 Å². The SMILES string of the molecule is CC(C)CCCOC(=O)C(C)NC(=O)C(F)(F)C(F)(F)C(F)(F)C(F)(F)C(F)(F)C(F)(F)C(F)(F)F. The molecule has 0 aliphatic carbocycles. The third-order valence-corrected chi connectivity index (χ3v) is 4.48. The number of ether oxygens (including phenoxy) is 1. The quantitative estimate of drug-likeness (QED) is 0.183. The molecule has 0 aromatic heterocycles. The molecule has 1 unspecified atom stereocenters. The van der Waals surface area contributed by atoms with Gasteiger partial charge < -0.3 is 10.1 Å². The first-order valence-corrected chi connectivity index (χ1v) is 9.45. The van der Waals surface area contributed by atoms with Gasteiger partial charge in [0, 0.05) is 0 Å². The van der Waals surface area contributed by atoms with Gasteiger partial charge in [0.15, 0.2) is 0 Å². The van der Waals surface area contributed by atoms with Crippen LogP contribution in [0.15, 0.2) is 0 Å². The van der Waals surface area contributed by atoms with Crippen LogP contribution in [0.1, 0.15) is 33.6 Å². The van der Waals surface area contributed by atoms with E-state index < -0.39 is 66.2 Å². The van der Waals surface area contributed by atoms with Gasteiger partial charge in [-0.2, -0.15) is 65.9 Å². The first-order valence-electron chi connectivity index (χ1n) is 9.45. The molecule has 0 heterocycles. The van der Waals surface area contributed by atoms with Gasteiger partial charge >= 0.3 is 47.7 Å². The largest absolute Gasteiger partial charge is 0.464 e. The highest BCUT2D eigenvalue weighted by atomic mass is 19.4. The van der Waals surface area contributed by atoms with Crippen molar-refractivity contribution in [1.82, 2.24) is 5.32 Å². The van der Waals surface area contributed by atoms with E-state index in [-0.39, 0.29) is 12.3 Å². The monoisotopic (exact) mass is 569 g/mol. The summed E-state index contributed by atoms with van der Waals surface area (Å²) >= 11 is 0. The van der Waals surface area contributed by atoms with Crippen molar-refractivity contribution in [2.24, 2.45) is 5.92 Å². The van der Waals surface area contributed by atoms with Gasteiger partial charge in [-0.3, -0.25) is 4.79 Å². The minimum Gasteiger partial charge on any atom is -0.464 e. The third kappa shape index (κ3) is 5.73. The van der Waals surface area contributed by atoms with Crippen molar-refractivity contribution in [3.63, 3.8) is 0 Å². The van der Waals surface area contributed by atoms with Gasteiger partial charge in [0.2, 0.25) is 0 Å². The summed E-state index contributed by atoms with van der Waals surface area (Å²) in [6, 6.07) is -2.34. The summed E-state index contributed by atoms with van der Waals surface area (Å²) in [5, 5.41) is 0.655. The predicted molar refractivity (Wildman–Crippen MR) is 88.4 cm³/mol. The average Bonchev–Trinajstić information content (AvgIpc) is 2.68. The van der Waals surface area contributed by atoms with Crippen molar-refractivity contribution in [2.75, 3.05) is 6.61 Å². The van der Waals surface area contributed by atoms with Crippen molar-refractivity contribution in [1.29, 1.82) is 0 Å². The lowest BCUT2D eigenvalue weighted by Crippen LogP contribution is -2.74. The van der Waals surface area contributed by atoms with Crippen LogP contribution in [0.4, 0.5) is 65.9 Å². The number of carbonyl (C=O) groups is 2. The molecule has 0 saturated heterocycles. The topological polar surface area (TPSA) is 55.4 Å². The van der Waals surface area contributed by atoms with E-state index in [1.807, 2.05) is 0 Å². The highest BCUT2D eigenvalue weighted by Gasteiger charge is 2.94. The van der Waals surface area contributed by atoms with Crippen LogP contribution in [0, 0.1) is 5.92 Å². The lowest BCUT2D eigenvalue weighted by molar-refractivity contribution is -0.449. The summed E-state index contributed by atoms with van der Waals surface area (Å²) in [4.78, 5) is 22.9. The van der Waals surface area contributed by atoms with Crippen molar-refractivity contribution in [2.45, 2.75) is 81.4 Å². The molecule has 4 nitrogen and oxygen atoms in total. The van der Waals surface area contributed by atoms with E-state index in [0.29, 0.717) is 18.7 Å². The summed E-state index contributed by atoms with van der Waals surface area (Å²) in [5.41, 5.74) is 0. The fraction of sp³-hybridized carbons (Fsp3) is 0.882. The standard InChI is InChI=1S/C17H18F15NO3/c1-7(2)5-4-6-36-9(34)8(3)33-10(35)11(18,19)12(20,21)13(22,23)14(24,25)15(26,27)16(28,29)17(30,31)32/h7-8H,4-6H2,1-3H3,(H,33,35). The molecule has 0 spiro atoms. The van der Waals surface area contributed by atoms with Crippen LogP contribution >= 0.6 is 0 Å². The zero-order valence-corrected chi connectivity index (χ0v) is 18.2. The number of hydrogen-bond acceptors (Lipinski definition) is 3. The molecule has 19 heteroatoms. The summed E-state index contributed by atoms with van der Waals surface area (Å²) < 4.78 is 201. The van der Waals surface area contributed by atoms with Crippen molar-refractivity contribution in [3.8, 4) is 0 Å². The highest BCUT2D eigenvalue weighted by molar-refractivity contribution is 5.89. The van der Waals surface area contributed by atoms with Gasteiger partial charge in [-0.25, -0.2) is 4.79 Å². The van der Waals surface area contributed by atoms with E-state index in [4.69, 9.17) is 0 Å². The maximum Gasteiger partial charge on any atom is 0.460 e. The van der Waals surface area contributed by atoms with Crippen LogP contribution in [0.25, 0.3) is 0 Å². The molecule has 0 radical (unpaired) electrons. The van der Waals surface area contributed by atoms with Gasteiger partial charge in [-0.1, -0.05) is 13.8 Å². The Morgan fingerprint density at radius 2 is 1.06 bits per heavy atom. The first kappa shape index (κ1) is 33.9. The Morgan fingerprint density at radius 3 is 1.44 bits per heavy atom. The van der Waals surface area contributed by atoms with Gasteiger partial charge in [0.25, 0.3) is 5.91 Å². The van der Waals surface area contributed by atoms with Crippen molar-refractivity contribution >= 4 is 11.9 Å². The predicted octanol–water partition coefficient (Wildman–Crippen LogP) is 5.84. The molecule has 1 N–H and O–H groups in total. The van der Waals surface area contributed by atoms with E-state index in [9.17, 15) is 75.4 Å². The number of halogens is 15. The molecule has 0 aliphatic heterocycles. The van der Waals surface area contributed by atoms with E-state index in [0.717, 1.165) is 0 Å². The average molecular weight is 569 g/mol. The molecule has 1 amide bonds. The number of carbonyl (C=O) groups excluding carboxylic acids is 2. The first-order chi connectivity index (χ1) is 15.6. The van der Waals surface area contributed by atoms with Crippen LogP contribution in [-0.2, 0) is 14.3 Å². The van der Waals surface area contributed by atoms with Gasteiger partial charge in [-0.05, 0) is 25.7 Å². The third-order valence-electron chi connectivity index (χ3n) is 4.48.